The minimum atomic E-state index is -0.405. The largest absolute Gasteiger partial charge is 0.332 e. The normalized spacial score (nSPS) is 10.0. The van der Waals surface area contributed by atoms with Crippen molar-refractivity contribution in [2.24, 2.45) is 0 Å². The topological polar surface area (TPSA) is 67.2 Å². The average molecular weight is 301 g/mol. The van der Waals surface area contributed by atoms with Gasteiger partial charge in [-0.3, -0.25) is 10.1 Å². The highest BCUT2D eigenvalue weighted by Gasteiger charge is 2.11. The molecule has 0 saturated carbocycles. The van der Waals surface area contributed by atoms with Crippen molar-refractivity contribution in [3.05, 3.63) is 63.7 Å². The Morgan fingerprint density at radius 1 is 1.10 bits per heavy atom. The summed E-state index contributed by atoms with van der Waals surface area (Å²) in [6, 6.07) is 12.7. The summed E-state index contributed by atoms with van der Waals surface area (Å²) in [5.74, 6) is 0. The molecular formula is C15H15N3O2S. The van der Waals surface area contributed by atoms with Crippen LogP contribution in [0, 0.1) is 24.0 Å². The van der Waals surface area contributed by atoms with Crippen LogP contribution in [0.25, 0.3) is 0 Å². The van der Waals surface area contributed by atoms with Crippen molar-refractivity contribution in [3.8, 4) is 0 Å². The molecule has 0 aromatic heterocycles. The first-order chi connectivity index (χ1) is 9.95. The summed E-state index contributed by atoms with van der Waals surface area (Å²) >= 11 is 5.21. The fraction of sp³-hybridized carbons (Fsp3) is 0.133. The van der Waals surface area contributed by atoms with Gasteiger partial charge >= 0.3 is 0 Å². The molecule has 0 aliphatic heterocycles. The third-order valence-corrected chi connectivity index (χ3v) is 3.14. The molecule has 0 aliphatic carbocycles. The second kappa shape index (κ2) is 6.32. The van der Waals surface area contributed by atoms with E-state index in [2.05, 4.69) is 10.6 Å². The number of nitro groups is 1. The number of rotatable bonds is 3. The molecule has 0 atom stereocenters. The molecule has 0 fully saturated rings. The molecule has 5 nitrogen and oxygen atoms in total. The van der Waals surface area contributed by atoms with Crippen LogP contribution in [0.4, 0.5) is 17.1 Å². The highest BCUT2D eigenvalue weighted by molar-refractivity contribution is 7.80. The van der Waals surface area contributed by atoms with E-state index in [9.17, 15) is 10.1 Å². The van der Waals surface area contributed by atoms with Gasteiger partial charge in [0.25, 0.3) is 5.69 Å². The Labute approximate surface area is 128 Å². The van der Waals surface area contributed by atoms with Crippen LogP contribution in [0.2, 0.25) is 0 Å². The van der Waals surface area contributed by atoms with Crippen LogP contribution in [0.5, 0.6) is 0 Å². The Morgan fingerprint density at radius 2 is 1.76 bits per heavy atom. The Kier molecular flexibility index (Phi) is 4.49. The first-order valence-electron chi connectivity index (χ1n) is 6.35. The second-order valence-electron chi connectivity index (χ2n) is 4.71. The standard InChI is InChI=1S/C15H15N3O2S/c1-10-4-3-5-12(8-10)16-15(21)17-13-7-6-11(2)14(9-13)18(19)20/h3-9H,1-2H3,(H2,16,17,21). The molecule has 2 aromatic rings. The molecule has 108 valence electrons. The van der Waals surface area contributed by atoms with Gasteiger partial charge in [0.05, 0.1) is 4.92 Å². The van der Waals surface area contributed by atoms with Gasteiger partial charge in [0, 0.05) is 23.0 Å². The predicted octanol–water partition coefficient (Wildman–Crippen LogP) is 4.02. The van der Waals surface area contributed by atoms with E-state index in [1.807, 2.05) is 31.2 Å². The second-order valence-corrected chi connectivity index (χ2v) is 5.12. The van der Waals surface area contributed by atoms with Gasteiger partial charge in [0.2, 0.25) is 0 Å². The summed E-state index contributed by atoms with van der Waals surface area (Å²) < 4.78 is 0. The molecule has 0 heterocycles. The molecule has 2 N–H and O–H groups in total. The van der Waals surface area contributed by atoms with Gasteiger partial charge in [-0.1, -0.05) is 18.2 Å². The SMILES string of the molecule is Cc1cccc(NC(=S)Nc2ccc(C)c([N+](=O)[O-])c2)c1. The number of hydrogen-bond donors (Lipinski definition) is 2. The minimum absolute atomic E-state index is 0.0679. The number of benzene rings is 2. The lowest BCUT2D eigenvalue weighted by molar-refractivity contribution is -0.385. The summed E-state index contributed by atoms with van der Waals surface area (Å²) in [4.78, 5) is 10.5. The summed E-state index contributed by atoms with van der Waals surface area (Å²) in [6.07, 6.45) is 0. The molecule has 0 radical (unpaired) electrons. The van der Waals surface area contributed by atoms with E-state index in [0.717, 1.165) is 11.3 Å². The lowest BCUT2D eigenvalue weighted by Crippen LogP contribution is -2.19. The monoisotopic (exact) mass is 301 g/mol. The fourth-order valence-corrected chi connectivity index (χ4v) is 2.14. The molecule has 0 saturated heterocycles. The maximum atomic E-state index is 10.9. The molecular weight excluding hydrogens is 286 g/mol. The highest BCUT2D eigenvalue weighted by atomic mass is 32.1. The third kappa shape index (κ3) is 4.00. The van der Waals surface area contributed by atoms with Crippen molar-refractivity contribution in [1.82, 2.24) is 0 Å². The predicted molar refractivity (Wildman–Crippen MR) is 88.9 cm³/mol. The number of nitro benzene ring substituents is 1. The Balaban J connectivity index is 2.09. The molecule has 0 spiro atoms. The fourth-order valence-electron chi connectivity index (χ4n) is 1.90. The lowest BCUT2D eigenvalue weighted by Gasteiger charge is -2.11. The molecule has 2 aromatic carbocycles. The van der Waals surface area contributed by atoms with E-state index >= 15 is 0 Å². The van der Waals surface area contributed by atoms with Crippen LogP contribution in [0.1, 0.15) is 11.1 Å². The average Bonchev–Trinajstić information content (AvgIpc) is 2.40. The third-order valence-electron chi connectivity index (χ3n) is 2.94. The van der Waals surface area contributed by atoms with E-state index < -0.39 is 4.92 Å². The zero-order valence-electron chi connectivity index (χ0n) is 11.7. The first-order valence-corrected chi connectivity index (χ1v) is 6.76. The van der Waals surface area contributed by atoms with Gasteiger partial charge in [0.1, 0.15) is 0 Å². The first kappa shape index (κ1) is 14.9. The molecule has 0 bridgehead atoms. The Hall–Kier alpha value is -2.47. The van der Waals surface area contributed by atoms with Crippen LogP contribution in [-0.2, 0) is 0 Å². The number of hydrogen-bond acceptors (Lipinski definition) is 3. The smallest absolute Gasteiger partial charge is 0.274 e. The van der Waals surface area contributed by atoms with Crippen molar-refractivity contribution in [2.75, 3.05) is 10.6 Å². The molecule has 0 amide bonds. The van der Waals surface area contributed by atoms with Crippen LogP contribution >= 0.6 is 12.2 Å². The van der Waals surface area contributed by atoms with Crippen molar-refractivity contribution in [2.45, 2.75) is 13.8 Å². The Morgan fingerprint density at radius 3 is 2.38 bits per heavy atom. The van der Waals surface area contributed by atoms with Crippen LogP contribution in [0.3, 0.4) is 0 Å². The highest BCUT2D eigenvalue weighted by Crippen LogP contribution is 2.22. The van der Waals surface area contributed by atoms with Gasteiger partial charge in [0.15, 0.2) is 5.11 Å². The summed E-state index contributed by atoms with van der Waals surface area (Å²) in [7, 11) is 0. The van der Waals surface area contributed by atoms with E-state index in [0.29, 0.717) is 16.4 Å². The van der Waals surface area contributed by atoms with Gasteiger partial charge in [-0.25, -0.2) is 0 Å². The summed E-state index contributed by atoms with van der Waals surface area (Å²) in [5.41, 5.74) is 3.25. The van der Waals surface area contributed by atoms with E-state index in [-0.39, 0.29) is 5.69 Å². The maximum absolute atomic E-state index is 10.9. The zero-order valence-corrected chi connectivity index (χ0v) is 12.5. The summed E-state index contributed by atoms with van der Waals surface area (Å²) in [5, 5.41) is 17.3. The quantitative estimate of drug-likeness (QED) is 0.509. The van der Waals surface area contributed by atoms with Crippen LogP contribution in [0.15, 0.2) is 42.5 Å². The van der Waals surface area contributed by atoms with Gasteiger partial charge in [-0.05, 0) is 49.8 Å². The number of thiocarbonyl (C=S) groups is 1. The van der Waals surface area contributed by atoms with Crippen LogP contribution in [-0.4, -0.2) is 10.0 Å². The lowest BCUT2D eigenvalue weighted by atomic mass is 10.2. The molecule has 2 rings (SSSR count). The zero-order chi connectivity index (χ0) is 15.4. The van der Waals surface area contributed by atoms with E-state index in [4.69, 9.17) is 12.2 Å². The van der Waals surface area contributed by atoms with Crippen molar-refractivity contribution < 1.29 is 4.92 Å². The van der Waals surface area contributed by atoms with Crippen molar-refractivity contribution >= 4 is 34.4 Å². The number of nitrogens with zero attached hydrogens (tertiary/aromatic N) is 1. The van der Waals surface area contributed by atoms with Crippen molar-refractivity contribution in [3.63, 3.8) is 0 Å². The molecule has 0 unspecified atom stereocenters. The molecule has 21 heavy (non-hydrogen) atoms. The molecule has 0 aliphatic rings. The van der Waals surface area contributed by atoms with Gasteiger partial charge in [-0.15, -0.1) is 0 Å². The van der Waals surface area contributed by atoms with Gasteiger partial charge in [-0.2, -0.15) is 0 Å². The minimum Gasteiger partial charge on any atom is -0.332 e. The van der Waals surface area contributed by atoms with Crippen molar-refractivity contribution in [1.29, 1.82) is 0 Å². The number of anilines is 2. The van der Waals surface area contributed by atoms with Gasteiger partial charge < -0.3 is 10.6 Å². The maximum Gasteiger partial charge on any atom is 0.274 e. The van der Waals surface area contributed by atoms with E-state index in [1.165, 1.54) is 6.07 Å². The van der Waals surface area contributed by atoms with Crippen LogP contribution < -0.4 is 10.6 Å². The number of aryl methyl sites for hydroxylation is 2. The summed E-state index contributed by atoms with van der Waals surface area (Å²) in [6.45, 7) is 3.69. The molecule has 6 heteroatoms. The number of nitrogens with one attached hydrogen (secondary N) is 2. The van der Waals surface area contributed by atoms with E-state index in [1.54, 1.807) is 19.1 Å². The Bertz CT molecular complexity index is 701.